The number of carbonyl (C=O) groups is 2. The fourth-order valence-corrected chi connectivity index (χ4v) is 0.927. The number of amides is 1. The molecule has 0 atom stereocenters. The molecule has 0 aliphatic rings. The van der Waals surface area contributed by atoms with Crippen molar-refractivity contribution in [3.63, 3.8) is 0 Å². The molecule has 1 aromatic rings. The summed E-state index contributed by atoms with van der Waals surface area (Å²) >= 11 is 0. The largest absolute Gasteiger partial charge is 0.477 e. The van der Waals surface area contributed by atoms with Gasteiger partial charge in [0.2, 0.25) is 6.54 Å². The van der Waals surface area contributed by atoms with Crippen molar-refractivity contribution in [1.29, 1.82) is 0 Å². The molecule has 0 fully saturated rings. The number of rotatable bonds is 3. The van der Waals surface area contributed by atoms with Crippen LogP contribution in [0.5, 0.6) is 0 Å². The Bertz CT molecular complexity index is 350. The SMILES string of the molecule is CC.NC(=O)C[n+]1cccc(C(=O)O)c1. The summed E-state index contributed by atoms with van der Waals surface area (Å²) in [6, 6.07) is 2.99. The van der Waals surface area contributed by atoms with Crippen LogP contribution in [0.25, 0.3) is 0 Å². The Hall–Kier alpha value is -1.91. The summed E-state index contributed by atoms with van der Waals surface area (Å²) in [5.74, 6) is -1.54. The van der Waals surface area contributed by atoms with E-state index in [1.807, 2.05) is 13.8 Å². The molecule has 15 heavy (non-hydrogen) atoms. The number of nitrogens with two attached hydrogens (primary N) is 1. The fourth-order valence-electron chi connectivity index (χ4n) is 0.927. The van der Waals surface area contributed by atoms with Crippen molar-refractivity contribution >= 4 is 11.9 Å². The Balaban J connectivity index is 0.000000921. The van der Waals surface area contributed by atoms with Gasteiger partial charge in [0, 0.05) is 6.07 Å². The molecule has 0 aliphatic carbocycles. The first kappa shape index (κ1) is 13.1. The number of aromatic carboxylic acids is 1. The maximum atomic E-state index is 10.5. The highest BCUT2D eigenvalue weighted by Crippen LogP contribution is 1.92. The average Bonchev–Trinajstić information content (AvgIpc) is 2.20. The van der Waals surface area contributed by atoms with Gasteiger partial charge in [-0.3, -0.25) is 4.79 Å². The van der Waals surface area contributed by atoms with E-state index in [4.69, 9.17) is 10.8 Å². The molecule has 0 saturated heterocycles. The van der Waals surface area contributed by atoms with Crippen molar-refractivity contribution in [3.05, 3.63) is 30.1 Å². The molecule has 0 aromatic carbocycles. The molecule has 0 bridgehead atoms. The van der Waals surface area contributed by atoms with E-state index < -0.39 is 11.9 Å². The Morgan fingerprint density at radius 2 is 2.07 bits per heavy atom. The van der Waals surface area contributed by atoms with E-state index in [0.29, 0.717) is 0 Å². The predicted molar refractivity (Wildman–Crippen MR) is 54.1 cm³/mol. The highest BCUT2D eigenvalue weighted by atomic mass is 16.4. The zero-order chi connectivity index (χ0) is 11.8. The molecule has 5 heteroatoms. The van der Waals surface area contributed by atoms with E-state index in [9.17, 15) is 9.59 Å². The Kier molecular flexibility index (Phi) is 5.70. The lowest BCUT2D eigenvalue weighted by Crippen LogP contribution is -2.40. The van der Waals surface area contributed by atoms with Crippen molar-refractivity contribution in [2.45, 2.75) is 20.4 Å². The van der Waals surface area contributed by atoms with Crippen LogP contribution in [0.2, 0.25) is 0 Å². The standard InChI is InChI=1S/C8H8N2O3.C2H6/c9-7(11)5-10-3-1-2-6(4-10)8(12)13;1-2/h1-4H,5H2,(H2-,9,11,12,13);1-2H3/p+1. The van der Waals surface area contributed by atoms with Gasteiger partial charge in [0.1, 0.15) is 5.56 Å². The summed E-state index contributed by atoms with van der Waals surface area (Å²) in [5.41, 5.74) is 5.07. The first-order chi connectivity index (χ1) is 7.09. The van der Waals surface area contributed by atoms with Gasteiger partial charge in [-0.25, -0.2) is 4.79 Å². The molecule has 0 aliphatic heterocycles. The third-order valence-electron chi connectivity index (χ3n) is 1.44. The molecular formula is C10H15N2O3+. The van der Waals surface area contributed by atoms with Crippen LogP contribution in [0.4, 0.5) is 0 Å². The number of hydrogen-bond donors (Lipinski definition) is 2. The van der Waals surface area contributed by atoms with E-state index in [2.05, 4.69) is 0 Å². The topological polar surface area (TPSA) is 84.3 Å². The third kappa shape index (κ3) is 4.75. The summed E-state index contributed by atoms with van der Waals surface area (Å²) in [4.78, 5) is 21.0. The molecule has 0 radical (unpaired) electrons. The first-order valence-electron chi connectivity index (χ1n) is 4.60. The van der Waals surface area contributed by atoms with E-state index in [0.717, 1.165) is 0 Å². The minimum atomic E-state index is -1.03. The first-order valence-corrected chi connectivity index (χ1v) is 4.60. The molecule has 1 heterocycles. The number of aromatic nitrogens is 1. The van der Waals surface area contributed by atoms with Crippen molar-refractivity contribution < 1.29 is 19.3 Å². The van der Waals surface area contributed by atoms with Crippen LogP contribution in [0, 0.1) is 0 Å². The van der Waals surface area contributed by atoms with Gasteiger partial charge in [0.15, 0.2) is 12.4 Å². The summed E-state index contributed by atoms with van der Waals surface area (Å²) in [6.45, 7) is 3.99. The summed E-state index contributed by atoms with van der Waals surface area (Å²) in [6.07, 6.45) is 2.93. The summed E-state index contributed by atoms with van der Waals surface area (Å²) < 4.78 is 1.42. The van der Waals surface area contributed by atoms with Gasteiger partial charge in [-0.15, -0.1) is 0 Å². The quantitative estimate of drug-likeness (QED) is 0.699. The lowest BCUT2D eigenvalue weighted by atomic mass is 10.3. The monoisotopic (exact) mass is 211 g/mol. The van der Waals surface area contributed by atoms with Crippen LogP contribution in [0.15, 0.2) is 24.5 Å². The average molecular weight is 211 g/mol. The number of primary amides is 1. The van der Waals surface area contributed by atoms with Crippen LogP contribution < -0.4 is 10.3 Å². The van der Waals surface area contributed by atoms with Crippen LogP contribution in [-0.4, -0.2) is 17.0 Å². The van der Waals surface area contributed by atoms with Gasteiger partial charge in [-0.1, -0.05) is 13.8 Å². The second kappa shape index (κ2) is 6.53. The normalized spacial score (nSPS) is 8.67. The predicted octanol–water partition coefficient (Wildman–Crippen LogP) is 0.184. The third-order valence-corrected chi connectivity index (χ3v) is 1.44. The van der Waals surface area contributed by atoms with E-state index in [1.54, 1.807) is 12.3 Å². The van der Waals surface area contributed by atoms with Gasteiger partial charge >= 0.3 is 5.97 Å². The minimum Gasteiger partial charge on any atom is -0.477 e. The number of carboxylic acids is 1. The molecule has 1 aromatic heterocycles. The lowest BCUT2D eigenvalue weighted by molar-refractivity contribution is -0.684. The summed E-state index contributed by atoms with van der Waals surface area (Å²) in [7, 11) is 0. The van der Waals surface area contributed by atoms with E-state index >= 15 is 0 Å². The molecule has 3 N–H and O–H groups in total. The smallest absolute Gasteiger partial charge is 0.341 e. The van der Waals surface area contributed by atoms with Crippen LogP contribution in [-0.2, 0) is 11.3 Å². The molecule has 1 rings (SSSR count). The van der Waals surface area contributed by atoms with Crippen LogP contribution in [0.1, 0.15) is 24.2 Å². The molecule has 5 nitrogen and oxygen atoms in total. The molecule has 0 spiro atoms. The number of nitrogens with zero attached hydrogens (tertiary/aromatic N) is 1. The zero-order valence-corrected chi connectivity index (χ0v) is 8.80. The van der Waals surface area contributed by atoms with E-state index in [1.165, 1.54) is 16.8 Å². The van der Waals surface area contributed by atoms with Crippen molar-refractivity contribution in [2.24, 2.45) is 5.73 Å². The van der Waals surface area contributed by atoms with Gasteiger partial charge < -0.3 is 10.8 Å². The minimum absolute atomic E-state index is 0.0128. The number of carboxylic acid groups (broad SMARTS) is 1. The Morgan fingerprint density at radius 3 is 2.53 bits per heavy atom. The highest BCUT2D eigenvalue weighted by Gasteiger charge is 2.09. The molecule has 82 valence electrons. The highest BCUT2D eigenvalue weighted by molar-refractivity contribution is 5.86. The van der Waals surface area contributed by atoms with Gasteiger partial charge in [0.25, 0.3) is 5.91 Å². The van der Waals surface area contributed by atoms with Crippen molar-refractivity contribution in [3.8, 4) is 0 Å². The molecule has 0 saturated carbocycles. The summed E-state index contributed by atoms with van der Waals surface area (Å²) in [5, 5.41) is 8.61. The second-order valence-corrected chi connectivity index (χ2v) is 2.54. The van der Waals surface area contributed by atoms with Crippen LogP contribution >= 0.6 is 0 Å². The number of hydrogen-bond acceptors (Lipinski definition) is 2. The Morgan fingerprint density at radius 1 is 1.47 bits per heavy atom. The van der Waals surface area contributed by atoms with Gasteiger partial charge in [-0.2, -0.15) is 4.57 Å². The lowest BCUT2D eigenvalue weighted by Gasteiger charge is -1.93. The van der Waals surface area contributed by atoms with E-state index in [-0.39, 0.29) is 12.1 Å². The van der Waals surface area contributed by atoms with Crippen molar-refractivity contribution in [1.82, 2.24) is 0 Å². The molecular weight excluding hydrogens is 196 g/mol. The van der Waals surface area contributed by atoms with Crippen molar-refractivity contribution in [2.75, 3.05) is 0 Å². The fraction of sp³-hybridized carbons (Fsp3) is 0.300. The maximum Gasteiger partial charge on any atom is 0.341 e. The van der Waals surface area contributed by atoms with Gasteiger partial charge in [-0.05, 0) is 6.07 Å². The second-order valence-electron chi connectivity index (χ2n) is 2.54. The molecule has 0 unspecified atom stereocenters. The maximum absolute atomic E-state index is 10.5. The van der Waals surface area contributed by atoms with Gasteiger partial charge in [0.05, 0.1) is 0 Å². The van der Waals surface area contributed by atoms with Crippen LogP contribution in [0.3, 0.4) is 0 Å². The number of pyridine rings is 1. The number of carbonyl (C=O) groups excluding carboxylic acids is 1. The molecule has 1 amide bonds. The Labute approximate surface area is 88.1 Å². The zero-order valence-electron chi connectivity index (χ0n) is 8.80.